The zero-order valence-electron chi connectivity index (χ0n) is 55.7. The van der Waals surface area contributed by atoms with Crippen molar-refractivity contribution in [3.8, 4) is 57.2 Å². The molecule has 0 saturated heterocycles. The Morgan fingerprint density at radius 2 is 0.676 bits per heavy atom. The van der Waals surface area contributed by atoms with E-state index in [1.807, 2.05) is 0 Å². The fraction of sp³-hybridized carbons (Fsp3) is 0.188. The second-order valence-corrected chi connectivity index (χ2v) is 20.6. The number of hydrogen-bond acceptors (Lipinski definition) is 18. The molecule has 0 spiro atoms. The number of tetrazole rings is 4. The number of hydrogen-bond donors (Lipinski definition) is 0. The number of benzene rings is 8. The van der Waals surface area contributed by atoms with Crippen LogP contribution in [0, 0.1) is 47.5 Å². The number of aryl methyl sites for hydroxylation is 4. The second-order valence-electron chi connectivity index (χ2n) is 20.6. The smallest absolute Gasteiger partial charge is 0.511 e. The summed E-state index contributed by atoms with van der Waals surface area (Å²) in [5, 5.41) is 28.6. The molecule has 0 N–H and O–H groups in total. The number of aromatic nitrogens is 16. The molecule has 0 bridgehead atoms. The van der Waals surface area contributed by atoms with E-state index in [9.17, 15) is 80.6 Å². The van der Waals surface area contributed by atoms with Crippen LogP contribution in [0.1, 0.15) is 39.8 Å². The molecule has 0 unspecified atom stereocenters. The predicted octanol–water partition coefficient (Wildman–Crippen LogP) is 9.38. The first kappa shape index (κ1) is 90.1. The average Bonchev–Trinajstić information content (AvgIpc) is 1.57. The first-order valence-corrected chi connectivity index (χ1v) is 29.2. The molecule has 0 aliphatic carbocycles. The van der Waals surface area contributed by atoms with E-state index in [-0.39, 0.29) is 223 Å². The van der Waals surface area contributed by atoms with Crippen molar-refractivity contribution < 1.29 is 221 Å². The summed E-state index contributed by atoms with van der Waals surface area (Å²) in [6, 6.07) is 40.1. The van der Waals surface area contributed by atoms with Gasteiger partial charge in [0.05, 0.1) is 39.4 Å². The van der Waals surface area contributed by atoms with Crippen molar-refractivity contribution in [2.24, 2.45) is 28.2 Å². The van der Waals surface area contributed by atoms with Gasteiger partial charge in [0, 0.05) is 222 Å². The summed E-state index contributed by atoms with van der Waals surface area (Å²) in [6.45, 7) is -4.96. The van der Waals surface area contributed by atoms with Crippen LogP contribution in [-0.4, -0.2) is 92.1 Å². The van der Waals surface area contributed by atoms with Gasteiger partial charge in [0.1, 0.15) is 37.9 Å². The van der Waals surface area contributed by atoms with Crippen molar-refractivity contribution in [1.82, 2.24) is 79.2 Å². The SMILES string of the molecule is Cn1nnn(-c2cccc(C(F)(F)F)c2COc2cc[c-]cc2F)c1=O.Cn1nnn(-c2cccc(C(F)F)c2COc2cc[c-]cc2F)c1=O.Cn1nnn(-c2cccc(OC(F)(F)F)c2COc2cc[c-]cc2F)c1=O.Cn1nnn(-c2cccc(OC(F)F)c2COc2cc[c-]cc2F)c1=O.[Y].[Y].[Y].[Y]. The molecule has 44 heteroatoms. The van der Waals surface area contributed by atoms with Crippen molar-refractivity contribution in [1.29, 1.82) is 0 Å². The molecule has 556 valence electrons. The van der Waals surface area contributed by atoms with Gasteiger partial charge in [-0.05, 0) is 84.2 Å². The summed E-state index contributed by atoms with van der Waals surface area (Å²) < 4.78 is 222. The third-order valence-corrected chi connectivity index (χ3v) is 13.9. The minimum atomic E-state index is -4.98. The van der Waals surface area contributed by atoms with Crippen molar-refractivity contribution in [2.45, 2.75) is 52.0 Å². The van der Waals surface area contributed by atoms with Crippen LogP contribution in [0.2, 0.25) is 0 Å². The van der Waals surface area contributed by atoms with E-state index in [4.69, 9.17) is 18.9 Å². The molecule has 4 radical (unpaired) electrons. The van der Waals surface area contributed by atoms with Gasteiger partial charge in [0.15, 0.2) is 0 Å². The molecule has 8 aromatic carbocycles. The third kappa shape index (κ3) is 23.0. The van der Waals surface area contributed by atoms with Crippen LogP contribution >= 0.6 is 0 Å². The van der Waals surface area contributed by atoms with Gasteiger partial charge in [-0.3, -0.25) is 17.6 Å². The molecule has 108 heavy (non-hydrogen) atoms. The van der Waals surface area contributed by atoms with Crippen LogP contribution in [0.25, 0.3) is 22.7 Å². The summed E-state index contributed by atoms with van der Waals surface area (Å²) in [5.41, 5.74) is -4.37. The van der Waals surface area contributed by atoms with Crippen LogP contribution in [0.5, 0.6) is 34.5 Å². The van der Waals surface area contributed by atoms with Crippen LogP contribution in [0.3, 0.4) is 0 Å². The number of halogens is 14. The second kappa shape index (κ2) is 40.8. The van der Waals surface area contributed by atoms with E-state index in [0.29, 0.717) is 0 Å². The minimum Gasteiger partial charge on any atom is -0.511 e. The Bertz CT molecular complexity index is 5230. The third-order valence-electron chi connectivity index (χ3n) is 13.9. The van der Waals surface area contributed by atoms with Gasteiger partial charge in [-0.25, -0.2) is 28.0 Å². The van der Waals surface area contributed by atoms with Crippen LogP contribution in [0.15, 0.2) is 165 Å². The Balaban J connectivity index is 0.000000255. The van der Waals surface area contributed by atoms with Gasteiger partial charge < -0.3 is 28.4 Å². The first-order chi connectivity index (χ1) is 49.5. The van der Waals surface area contributed by atoms with Crippen LogP contribution in [0.4, 0.5) is 61.5 Å². The summed E-state index contributed by atoms with van der Waals surface area (Å²) in [4.78, 5) is 48.2. The molecule has 4 heterocycles. The number of nitrogens with zero attached hydrogens (tertiary/aromatic N) is 16. The van der Waals surface area contributed by atoms with E-state index in [0.717, 1.165) is 79.9 Å². The van der Waals surface area contributed by atoms with E-state index in [1.165, 1.54) is 131 Å². The largest absolute Gasteiger partial charge is 0.573 e. The Kier molecular flexibility index (Phi) is 34.0. The first-order valence-electron chi connectivity index (χ1n) is 29.2. The molecule has 4 aromatic heterocycles. The van der Waals surface area contributed by atoms with Crippen LogP contribution < -0.4 is 51.2 Å². The molecule has 0 atom stereocenters. The quantitative estimate of drug-likeness (QED) is 0.0508. The molecule has 0 amide bonds. The number of rotatable bonds is 20. The zero-order valence-corrected chi connectivity index (χ0v) is 67.0. The minimum absolute atomic E-state index is 0. The monoisotopic (exact) mass is 1820 g/mol. The topological polar surface area (TPSA) is 266 Å². The molecule has 0 saturated carbocycles. The van der Waals surface area contributed by atoms with Gasteiger partial charge >= 0.3 is 41.9 Å². The Morgan fingerprint density at radius 3 is 0.981 bits per heavy atom. The Hall–Kier alpha value is -8.52. The summed E-state index contributed by atoms with van der Waals surface area (Å²) >= 11 is 0. The maximum Gasteiger partial charge on any atom is 0.573 e. The maximum absolute atomic E-state index is 13.7. The molecule has 0 fully saturated rings. The van der Waals surface area contributed by atoms with E-state index >= 15 is 0 Å². The molecule has 26 nitrogen and oxygen atoms in total. The standard InChI is InChI=1S/C16H11F4N4O3.C16H11F4N4O2.C16H12F3N4O3.C16H12F3N4O2.4Y/c1-23-15(25)24(22-21-23)12-6-4-8-13(27-16(18,19)20)10(12)9-26-14-7-3-2-5-11(14)17;1-23-15(25)24(22-21-23)13-7-4-5-11(16(18,19)20)10(13)9-26-14-8-3-2-6-12(14)17;1-22-16(24)23(21-20-22)12-6-4-8-13(26-15(18)19)10(12)9-25-14-7-3-2-5-11(14)17;1-22-16(24)23(21-20-22)13-7-4-5-10(15(18)19)11(13)9-25-14-8-3-2-6-12(14)17;;;;/h3-8H,9H2,1H3;3-8H,9H2,1H3;3-8,15H,9H2,1H3;3-8,15H,9H2,1H3;;;;/q4*-1;;;;. The fourth-order valence-corrected chi connectivity index (χ4v) is 9.07. The molecule has 12 aromatic rings. The van der Waals surface area contributed by atoms with Gasteiger partial charge in [0.2, 0.25) is 0 Å². The maximum atomic E-state index is 13.7. The van der Waals surface area contributed by atoms with Crippen LogP contribution in [-0.2, 0) is 192 Å². The zero-order chi connectivity index (χ0) is 75.2. The molecule has 0 aliphatic rings. The van der Waals surface area contributed by atoms with Gasteiger partial charge in [-0.15, -0.1) is 61.7 Å². The number of ether oxygens (including phenoxy) is 6. The summed E-state index contributed by atoms with van der Waals surface area (Å²) in [5.74, 6) is -4.34. The summed E-state index contributed by atoms with van der Waals surface area (Å²) in [7, 11) is 5.41. The molecular weight excluding hydrogens is 1770 g/mol. The van der Waals surface area contributed by atoms with E-state index in [2.05, 4.69) is 75.4 Å². The Morgan fingerprint density at radius 1 is 0.380 bits per heavy atom. The number of alkyl halides is 10. The average molecular weight is 1820 g/mol. The van der Waals surface area contributed by atoms with Gasteiger partial charge in [-0.1, -0.05) is 30.3 Å². The van der Waals surface area contributed by atoms with Crippen molar-refractivity contribution in [2.75, 3.05) is 0 Å². The van der Waals surface area contributed by atoms with Crippen molar-refractivity contribution >= 4 is 0 Å². The normalized spacial score (nSPS) is 10.9. The van der Waals surface area contributed by atoms with Gasteiger partial charge in [0.25, 0.3) is 6.43 Å². The summed E-state index contributed by atoms with van der Waals surface area (Å²) in [6.07, 6.45) is -12.5. The van der Waals surface area contributed by atoms with Gasteiger partial charge in [-0.2, -0.15) is 108 Å². The molecular formula is C64H46F14N16O10Y4-4. The van der Waals surface area contributed by atoms with E-state index < -0.39 is 96.1 Å². The molecule has 12 rings (SSSR count). The molecule has 0 aliphatic heterocycles. The Labute approximate surface area is 698 Å². The predicted molar refractivity (Wildman–Crippen MR) is 328 cm³/mol. The van der Waals surface area contributed by atoms with E-state index in [1.54, 1.807) is 0 Å². The van der Waals surface area contributed by atoms with Crippen molar-refractivity contribution in [3.63, 3.8) is 0 Å². The fourth-order valence-electron chi connectivity index (χ4n) is 9.07. The van der Waals surface area contributed by atoms with Crippen molar-refractivity contribution in [3.05, 3.63) is 268 Å².